The van der Waals surface area contributed by atoms with Gasteiger partial charge in [-0.25, -0.2) is 4.79 Å². The Labute approximate surface area is 90.0 Å². The number of amides is 1. The number of carbonyl (C=O) groups excluding carboxylic acids is 1. The zero-order valence-corrected chi connectivity index (χ0v) is 9.54. The monoisotopic (exact) mass is 216 g/mol. The molecule has 0 heterocycles. The van der Waals surface area contributed by atoms with E-state index in [1.165, 1.54) is 6.92 Å². The number of carbonyl (C=O) groups is 2. The van der Waals surface area contributed by atoms with Crippen molar-refractivity contribution in [1.29, 1.82) is 0 Å². The van der Waals surface area contributed by atoms with Crippen molar-refractivity contribution < 1.29 is 14.7 Å². The van der Waals surface area contributed by atoms with Crippen molar-refractivity contribution in [2.45, 2.75) is 39.2 Å². The zero-order valence-electron chi connectivity index (χ0n) is 9.54. The molecule has 2 atom stereocenters. The maximum Gasteiger partial charge on any atom is 0.329 e. The topological polar surface area (TPSA) is 92.4 Å². The maximum absolute atomic E-state index is 11.6. The van der Waals surface area contributed by atoms with Crippen LogP contribution in [-0.2, 0) is 9.59 Å². The molecule has 0 aliphatic rings. The molecule has 0 radical (unpaired) electrons. The summed E-state index contributed by atoms with van der Waals surface area (Å²) in [4.78, 5) is 22.6. The van der Waals surface area contributed by atoms with Crippen LogP contribution in [0.1, 0.15) is 33.6 Å². The van der Waals surface area contributed by atoms with Gasteiger partial charge in [0.25, 0.3) is 0 Å². The Bertz CT molecular complexity index is 239. The first kappa shape index (κ1) is 13.9. The standard InChI is InChI=1S/C10H20N2O3/c1-4-7(6-11)8(13)12-10(3,5-2)9(14)15/h7H,4-6,11H2,1-3H3,(H,12,13)(H,14,15). The van der Waals surface area contributed by atoms with E-state index in [0.717, 1.165) is 0 Å². The molecule has 0 fully saturated rings. The second-order valence-electron chi connectivity index (χ2n) is 3.82. The highest BCUT2D eigenvalue weighted by Gasteiger charge is 2.34. The van der Waals surface area contributed by atoms with Crippen LogP contribution in [0.5, 0.6) is 0 Å². The van der Waals surface area contributed by atoms with Crippen LogP contribution in [0, 0.1) is 5.92 Å². The SMILES string of the molecule is CCC(CN)C(=O)NC(C)(CC)C(=O)O. The fourth-order valence-electron chi connectivity index (χ4n) is 1.13. The van der Waals surface area contributed by atoms with E-state index >= 15 is 0 Å². The summed E-state index contributed by atoms with van der Waals surface area (Å²) in [7, 11) is 0. The third-order valence-corrected chi connectivity index (χ3v) is 2.73. The molecule has 15 heavy (non-hydrogen) atoms. The van der Waals surface area contributed by atoms with Crippen LogP contribution in [0.3, 0.4) is 0 Å². The highest BCUT2D eigenvalue weighted by atomic mass is 16.4. The van der Waals surface area contributed by atoms with Crippen LogP contribution in [0.2, 0.25) is 0 Å². The minimum atomic E-state index is -1.19. The number of rotatable bonds is 6. The Morgan fingerprint density at radius 2 is 2.00 bits per heavy atom. The lowest BCUT2D eigenvalue weighted by Crippen LogP contribution is -2.54. The van der Waals surface area contributed by atoms with Gasteiger partial charge in [0, 0.05) is 12.5 Å². The Hall–Kier alpha value is -1.10. The van der Waals surface area contributed by atoms with Crippen LogP contribution in [0.15, 0.2) is 0 Å². The van der Waals surface area contributed by atoms with Crippen LogP contribution >= 0.6 is 0 Å². The molecular weight excluding hydrogens is 196 g/mol. The van der Waals surface area contributed by atoms with E-state index in [-0.39, 0.29) is 18.4 Å². The van der Waals surface area contributed by atoms with Crippen LogP contribution in [0.25, 0.3) is 0 Å². The van der Waals surface area contributed by atoms with E-state index in [9.17, 15) is 9.59 Å². The van der Waals surface area contributed by atoms with Crippen LogP contribution in [0.4, 0.5) is 0 Å². The molecular formula is C10H20N2O3. The molecule has 0 rings (SSSR count). The fraction of sp³-hybridized carbons (Fsp3) is 0.800. The quantitative estimate of drug-likeness (QED) is 0.597. The molecule has 1 amide bonds. The first-order chi connectivity index (χ1) is 6.91. The van der Waals surface area contributed by atoms with Crippen molar-refractivity contribution in [1.82, 2.24) is 5.32 Å². The number of nitrogens with two attached hydrogens (primary N) is 1. The van der Waals surface area contributed by atoms with Crippen molar-refractivity contribution in [3.63, 3.8) is 0 Å². The average Bonchev–Trinajstić information content (AvgIpc) is 2.19. The Morgan fingerprint density at radius 3 is 2.27 bits per heavy atom. The summed E-state index contributed by atoms with van der Waals surface area (Å²) < 4.78 is 0. The zero-order chi connectivity index (χ0) is 12.1. The van der Waals surface area contributed by atoms with E-state index in [4.69, 9.17) is 10.8 Å². The normalized spacial score (nSPS) is 16.5. The van der Waals surface area contributed by atoms with Gasteiger partial charge in [0.1, 0.15) is 5.54 Å². The molecule has 5 nitrogen and oxygen atoms in total. The lowest BCUT2D eigenvalue weighted by atomic mass is 9.97. The largest absolute Gasteiger partial charge is 0.480 e. The highest BCUT2D eigenvalue weighted by molar-refractivity contribution is 5.87. The van der Waals surface area contributed by atoms with Gasteiger partial charge in [0.05, 0.1) is 0 Å². The predicted molar refractivity (Wildman–Crippen MR) is 57.3 cm³/mol. The maximum atomic E-state index is 11.6. The Morgan fingerprint density at radius 1 is 1.47 bits per heavy atom. The summed E-state index contributed by atoms with van der Waals surface area (Å²) in [6.45, 7) is 5.30. The smallest absolute Gasteiger partial charge is 0.329 e. The minimum absolute atomic E-state index is 0.238. The van der Waals surface area contributed by atoms with Gasteiger partial charge in [-0.2, -0.15) is 0 Å². The van der Waals surface area contributed by atoms with Crippen LogP contribution < -0.4 is 11.1 Å². The summed E-state index contributed by atoms with van der Waals surface area (Å²) in [6.07, 6.45) is 0.955. The van der Waals surface area contributed by atoms with Crippen molar-refractivity contribution in [2.24, 2.45) is 11.7 Å². The van der Waals surface area contributed by atoms with Crippen molar-refractivity contribution in [3.8, 4) is 0 Å². The third-order valence-electron chi connectivity index (χ3n) is 2.73. The molecule has 88 valence electrons. The number of carboxylic acids is 1. The van der Waals surface area contributed by atoms with E-state index in [1.807, 2.05) is 6.92 Å². The van der Waals surface area contributed by atoms with E-state index in [0.29, 0.717) is 12.8 Å². The molecule has 0 saturated heterocycles. The minimum Gasteiger partial charge on any atom is -0.480 e. The summed E-state index contributed by atoms with van der Waals surface area (Å²) in [5.74, 6) is -1.62. The number of aliphatic carboxylic acids is 1. The van der Waals surface area contributed by atoms with E-state index < -0.39 is 11.5 Å². The van der Waals surface area contributed by atoms with E-state index in [1.54, 1.807) is 6.92 Å². The molecule has 0 bridgehead atoms. The van der Waals surface area contributed by atoms with Crippen molar-refractivity contribution >= 4 is 11.9 Å². The molecule has 0 saturated carbocycles. The summed E-state index contributed by atoms with van der Waals surface area (Å²) in [5.41, 5.74) is 4.22. The molecule has 0 spiro atoms. The van der Waals surface area contributed by atoms with Gasteiger partial charge in [-0.05, 0) is 19.8 Å². The number of hydrogen-bond acceptors (Lipinski definition) is 3. The summed E-state index contributed by atoms with van der Waals surface area (Å²) in [5, 5.41) is 11.5. The molecule has 0 aromatic carbocycles. The van der Waals surface area contributed by atoms with Crippen molar-refractivity contribution in [2.75, 3.05) is 6.54 Å². The number of nitrogens with one attached hydrogen (secondary N) is 1. The second-order valence-corrected chi connectivity index (χ2v) is 3.82. The van der Waals surface area contributed by atoms with Gasteiger partial charge in [-0.1, -0.05) is 13.8 Å². The van der Waals surface area contributed by atoms with Gasteiger partial charge in [0.15, 0.2) is 0 Å². The summed E-state index contributed by atoms with van der Waals surface area (Å²) >= 11 is 0. The van der Waals surface area contributed by atoms with Gasteiger partial charge >= 0.3 is 5.97 Å². The Balaban J connectivity index is 4.56. The number of hydrogen-bond donors (Lipinski definition) is 3. The van der Waals surface area contributed by atoms with Gasteiger partial charge < -0.3 is 16.2 Å². The molecule has 2 unspecified atom stereocenters. The number of carboxylic acid groups (broad SMARTS) is 1. The molecule has 0 aliphatic heterocycles. The molecule has 0 aromatic heterocycles. The van der Waals surface area contributed by atoms with Gasteiger partial charge in [-0.3, -0.25) is 4.79 Å². The average molecular weight is 216 g/mol. The first-order valence-electron chi connectivity index (χ1n) is 5.16. The molecule has 0 aliphatic carbocycles. The molecule has 5 heteroatoms. The lowest BCUT2D eigenvalue weighted by Gasteiger charge is -2.26. The van der Waals surface area contributed by atoms with E-state index in [2.05, 4.69) is 5.32 Å². The summed E-state index contributed by atoms with van der Waals surface area (Å²) in [6, 6.07) is 0. The fourth-order valence-corrected chi connectivity index (χ4v) is 1.13. The third kappa shape index (κ3) is 3.51. The molecule has 4 N–H and O–H groups in total. The van der Waals surface area contributed by atoms with Gasteiger partial charge in [-0.15, -0.1) is 0 Å². The van der Waals surface area contributed by atoms with Crippen molar-refractivity contribution in [3.05, 3.63) is 0 Å². The molecule has 0 aromatic rings. The predicted octanol–water partition coefficient (Wildman–Crippen LogP) is 0.341. The van der Waals surface area contributed by atoms with Gasteiger partial charge in [0.2, 0.25) is 5.91 Å². The first-order valence-corrected chi connectivity index (χ1v) is 5.16. The Kier molecular flexibility index (Phi) is 5.28. The lowest BCUT2D eigenvalue weighted by molar-refractivity contribution is -0.147. The highest BCUT2D eigenvalue weighted by Crippen LogP contribution is 2.11. The second kappa shape index (κ2) is 5.70. The van der Waals surface area contributed by atoms with Crippen LogP contribution in [-0.4, -0.2) is 29.1 Å².